The largest absolute Gasteiger partial charge is 0.396 e. The van der Waals surface area contributed by atoms with Gasteiger partial charge in [0.2, 0.25) is 0 Å². The number of nitrogen functional groups attached to an aromatic ring is 1. The number of nitrogens with zero attached hydrogens (tertiary/aromatic N) is 2. The summed E-state index contributed by atoms with van der Waals surface area (Å²) in [5.41, 5.74) is 8.81. The summed E-state index contributed by atoms with van der Waals surface area (Å²) in [6.45, 7) is 6.33. The number of anilines is 1. The quantitative estimate of drug-likeness (QED) is 0.725. The van der Waals surface area contributed by atoms with Gasteiger partial charge in [0, 0.05) is 7.05 Å². The highest BCUT2D eigenvalue weighted by molar-refractivity contribution is 5.47. The van der Waals surface area contributed by atoms with Crippen molar-refractivity contribution in [2.75, 3.05) is 5.73 Å². The highest BCUT2D eigenvalue weighted by atomic mass is 15.3. The van der Waals surface area contributed by atoms with E-state index < -0.39 is 0 Å². The molecule has 12 heavy (non-hydrogen) atoms. The van der Waals surface area contributed by atoms with E-state index in [1.807, 2.05) is 18.7 Å². The molecule has 1 rings (SSSR count). The van der Waals surface area contributed by atoms with E-state index in [1.165, 1.54) is 0 Å². The van der Waals surface area contributed by atoms with Crippen molar-refractivity contribution in [2.24, 2.45) is 13.0 Å². The van der Waals surface area contributed by atoms with E-state index in [-0.39, 0.29) is 0 Å². The molecule has 0 bridgehead atoms. The standard InChI is InChI=1S/C9H17N3/c1-6(2)5-8-9(10)7(3)12(4)11-8/h6H,5,10H2,1-4H3. The van der Waals surface area contributed by atoms with Crippen molar-refractivity contribution in [2.45, 2.75) is 27.2 Å². The molecule has 2 N–H and O–H groups in total. The Kier molecular flexibility index (Phi) is 2.40. The van der Waals surface area contributed by atoms with Gasteiger partial charge in [-0.2, -0.15) is 5.10 Å². The molecule has 0 aliphatic heterocycles. The van der Waals surface area contributed by atoms with Crippen LogP contribution in [0.15, 0.2) is 0 Å². The molecular formula is C9H17N3. The van der Waals surface area contributed by atoms with Crippen molar-refractivity contribution in [1.29, 1.82) is 0 Å². The Morgan fingerprint density at radius 3 is 2.42 bits per heavy atom. The summed E-state index contributed by atoms with van der Waals surface area (Å²) in [6, 6.07) is 0. The lowest BCUT2D eigenvalue weighted by Crippen LogP contribution is -1.98. The maximum absolute atomic E-state index is 5.87. The van der Waals surface area contributed by atoms with Crippen LogP contribution in [0, 0.1) is 12.8 Å². The van der Waals surface area contributed by atoms with Crippen molar-refractivity contribution in [3.8, 4) is 0 Å². The Hall–Kier alpha value is -0.990. The molecule has 0 saturated heterocycles. The summed E-state index contributed by atoms with van der Waals surface area (Å²) in [4.78, 5) is 0. The second-order valence-corrected chi connectivity index (χ2v) is 3.67. The predicted molar refractivity (Wildman–Crippen MR) is 50.9 cm³/mol. The fourth-order valence-electron chi connectivity index (χ4n) is 1.23. The maximum atomic E-state index is 5.87. The van der Waals surface area contributed by atoms with Crippen LogP contribution in [0.25, 0.3) is 0 Å². The molecule has 0 radical (unpaired) electrons. The van der Waals surface area contributed by atoms with Crippen LogP contribution in [0.2, 0.25) is 0 Å². The number of nitrogens with two attached hydrogens (primary N) is 1. The summed E-state index contributed by atoms with van der Waals surface area (Å²) in [6.07, 6.45) is 0.966. The first-order chi connectivity index (χ1) is 5.52. The van der Waals surface area contributed by atoms with Gasteiger partial charge < -0.3 is 5.73 Å². The van der Waals surface area contributed by atoms with Gasteiger partial charge in [-0.1, -0.05) is 13.8 Å². The van der Waals surface area contributed by atoms with E-state index in [9.17, 15) is 0 Å². The normalized spacial score (nSPS) is 11.1. The third-order valence-corrected chi connectivity index (χ3v) is 2.06. The van der Waals surface area contributed by atoms with E-state index in [2.05, 4.69) is 18.9 Å². The zero-order chi connectivity index (χ0) is 9.30. The summed E-state index contributed by atoms with van der Waals surface area (Å²) in [7, 11) is 1.93. The molecule has 0 saturated carbocycles. The highest BCUT2D eigenvalue weighted by Crippen LogP contribution is 2.17. The van der Waals surface area contributed by atoms with E-state index in [0.29, 0.717) is 5.92 Å². The molecule has 0 aromatic carbocycles. The zero-order valence-electron chi connectivity index (χ0n) is 8.26. The Morgan fingerprint density at radius 2 is 2.08 bits per heavy atom. The average Bonchev–Trinajstić information content (AvgIpc) is 2.17. The first-order valence-corrected chi connectivity index (χ1v) is 4.30. The van der Waals surface area contributed by atoms with Crippen LogP contribution in [-0.2, 0) is 13.5 Å². The third kappa shape index (κ3) is 1.60. The second-order valence-electron chi connectivity index (χ2n) is 3.67. The van der Waals surface area contributed by atoms with Crippen LogP contribution in [0.4, 0.5) is 5.69 Å². The highest BCUT2D eigenvalue weighted by Gasteiger charge is 2.10. The zero-order valence-corrected chi connectivity index (χ0v) is 8.26. The Morgan fingerprint density at radius 1 is 1.50 bits per heavy atom. The number of aromatic nitrogens is 2. The summed E-state index contributed by atoms with van der Waals surface area (Å²) < 4.78 is 1.84. The van der Waals surface area contributed by atoms with Gasteiger partial charge in [0.05, 0.1) is 17.1 Å². The fraction of sp³-hybridized carbons (Fsp3) is 0.667. The van der Waals surface area contributed by atoms with Crippen molar-refractivity contribution in [3.63, 3.8) is 0 Å². The molecular weight excluding hydrogens is 150 g/mol. The lowest BCUT2D eigenvalue weighted by Gasteiger charge is -2.00. The number of hydrogen-bond donors (Lipinski definition) is 1. The summed E-state index contributed by atoms with van der Waals surface area (Å²) in [5, 5.41) is 4.34. The molecule has 1 aromatic heterocycles. The van der Waals surface area contributed by atoms with Gasteiger partial charge in [-0.05, 0) is 19.3 Å². The van der Waals surface area contributed by atoms with Gasteiger partial charge in [-0.3, -0.25) is 4.68 Å². The summed E-state index contributed by atoms with van der Waals surface area (Å²) in [5.74, 6) is 0.613. The van der Waals surface area contributed by atoms with Crippen molar-refractivity contribution < 1.29 is 0 Å². The minimum absolute atomic E-state index is 0.613. The predicted octanol–water partition coefficient (Wildman–Crippen LogP) is 1.51. The molecule has 1 heterocycles. The van der Waals surface area contributed by atoms with Crippen LogP contribution in [0.5, 0.6) is 0 Å². The lowest BCUT2D eigenvalue weighted by molar-refractivity contribution is 0.619. The Labute approximate surface area is 73.6 Å². The van der Waals surface area contributed by atoms with E-state index >= 15 is 0 Å². The molecule has 0 spiro atoms. The monoisotopic (exact) mass is 167 g/mol. The number of rotatable bonds is 2. The van der Waals surface area contributed by atoms with Gasteiger partial charge in [0.25, 0.3) is 0 Å². The molecule has 0 amide bonds. The maximum Gasteiger partial charge on any atom is 0.0859 e. The molecule has 0 fully saturated rings. The average molecular weight is 167 g/mol. The number of aryl methyl sites for hydroxylation is 1. The third-order valence-electron chi connectivity index (χ3n) is 2.06. The van der Waals surface area contributed by atoms with Gasteiger partial charge in [0.1, 0.15) is 0 Å². The smallest absolute Gasteiger partial charge is 0.0859 e. The van der Waals surface area contributed by atoms with Crippen LogP contribution < -0.4 is 5.73 Å². The topological polar surface area (TPSA) is 43.8 Å². The van der Waals surface area contributed by atoms with E-state index in [4.69, 9.17) is 5.73 Å². The Balaban J connectivity index is 2.93. The fourth-order valence-corrected chi connectivity index (χ4v) is 1.23. The molecule has 0 unspecified atom stereocenters. The lowest BCUT2D eigenvalue weighted by atomic mass is 10.1. The SMILES string of the molecule is Cc1c(N)c(CC(C)C)nn1C. The summed E-state index contributed by atoms with van der Waals surface area (Å²) >= 11 is 0. The van der Waals surface area contributed by atoms with Crippen molar-refractivity contribution in [1.82, 2.24) is 9.78 Å². The van der Waals surface area contributed by atoms with Crippen LogP contribution in [-0.4, -0.2) is 9.78 Å². The Bertz CT molecular complexity index is 274. The minimum atomic E-state index is 0.613. The van der Waals surface area contributed by atoms with Gasteiger partial charge in [-0.25, -0.2) is 0 Å². The molecule has 1 aromatic rings. The van der Waals surface area contributed by atoms with Crippen molar-refractivity contribution >= 4 is 5.69 Å². The van der Waals surface area contributed by atoms with Crippen molar-refractivity contribution in [3.05, 3.63) is 11.4 Å². The molecule has 0 aliphatic carbocycles. The first-order valence-electron chi connectivity index (χ1n) is 4.30. The molecule has 3 heteroatoms. The molecule has 3 nitrogen and oxygen atoms in total. The first kappa shape index (κ1) is 9.10. The van der Waals surface area contributed by atoms with E-state index in [1.54, 1.807) is 0 Å². The van der Waals surface area contributed by atoms with Gasteiger partial charge in [-0.15, -0.1) is 0 Å². The van der Waals surface area contributed by atoms with Gasteiger partial charge >= 0.3 is 0 Å². The molecule has 0 atom stereocenters. The second kappa shape index (κ2) is 3.17. The minimum Gasteiger partial charge on any atom is -0.396 e. The molecule has 0 aliphatic rings. The molecule has 68 valence electrons. The number of hydrogen-bond acceptors (Lipinski definition) is 2. The van der Waals surface area contributed by atoms with E-state index in [0.717, 1.165) is 23.5 Å². The van der Waals surface area contributed by atoms with Crippen LogP contribution >= 0.6 is 0 Å². The van der Waals surface area contributed by atoms with Crippen LogP contribution in [0.3, 0.4) is 0 Å². The van der Waals surface area contributed by atoms with Gasteiger partial charge in [0.15, 0.2) is 0 Å². The van der Waals surface area contributed by atoms with Crippen LogP contribution in [0.1, 0.15) is 25.2 Å².